The first kappa shape index (κ1) is 23.2. The molecule has 7 heteroatoms. The van der Waals surface area contributed by atoms with Crippen LogP contribution in [-0.4, -0.2) is 38.8 Å². The highest BCUT2D eigenvalue weighted by molar-refractivity contribution is 9.10. The van der Waals surface area contributed by atoms with Gasteiger partial charge in [-0.15, -0.1) is 0 Å². The van der Waals surface area contributed by atoms with Crippen LogP contribution >= 0.6 is 15.9 Å². The first-order valence-electron chi connectivity index (χ1n) is 10.7. The molecule has 1 aliphatic heterocycles. The Balaban J connectivity index is 1.78. The molecule has 2 aliphatic rings. The Morgan fingerprint density at radius 1 is 0.970 bits per heavy atom. The number of rotatable bonds is 5. The van der Waals surface area contributed by atoms with Crippen molar-refractivity contribution in [1.29, 1.82) is 0 Å². The van der Waals surface area contributed by atoms with Gasteiger partial charge in [0.15, 0.2) is 17.3 Å². The number of allylic oxidation sites excluding steroid dienone is 2. The Hall–Kier alpha value is -2.93. The summed E-state index contributed by atoms with van der Waals surface area (Å²) in [6.07, 6.45) is 0.943. The predicted octanol–water partition coefficient (Wildman–Crippen LogP) is 5.21. The van der Waals surface area contributed by atoms with Gasteiger partial charge in [0.2, 0.25) is 0 Å². The molecular weight excluding hydrogens is 486 g/mol. The van der Waals surface area contributed by atoms with Gasteiger partial charge in [-0.25, -0.2) is 0 Å². The summed E-state index contributed by atoms with van der Waals surface area (Å²) in [6, 6.07) is 13.5. The van der Waals surface area contributed by atoms with E-state index in [4.69, 9.17) is 19.2 Å². The van der Waals surface area contributed by atoms with Gasteiger partial charge in [0.1, 0.15) is 5.92 Å². The van der Waals surface area contributed by atoms with Crippen molar-refractivity contribution in [1.82, 2.24) is 0 Å². The van der Waals surface area contributed by atoms with Gasteiger partial charge < -0.3 is 14.2 Å². The third-order valence-electron chi connectivity index (χ3n) is 6.45. The van der Waals surface area contributed by atoms with E-state index in [9.17, 15) is 9.59 Å². The van der Waals surface area contributed by atoms with Gasteiger partial charge in [0.25, 0.3) is 0 Å². The zero-order valence-corrected chi connectivity index (χ0v) is 20.6. The van der Waals surface area contributed by atoms with Gasteiger partial charge in [0, 0.05) is 33.8 Å². The van der Waals surface area contributed by atoms with Crippen LogP contribution in [0, 0.1) is 5.92 Å². The number of methoxy groups -OCH3 is 3. The van der Waals surface area contributed by atoms with Gasteiger partial charge in [-0.3, -0.25) is 14.6 Å². The van der Waals surface area contributed by atoms with Crippen molar-refractivity contribution in [3.05, 3.63) is 69.3 Å². The zero-order valence-electron chi connectivity index (χ0n) is 19.1. The number of esters is 1. The number of aliphatic imine (C=N–C) groups is 1. The average Bonchev–Trinajstić information content (AvgIpc) is 2.82. The number of ether oxygens (including phenoxy) is 3. The van der Waals surface area contributed by atoms with Crippen LogP contribution in [0.3, 0.4) is 0 Å². The SMILES string of the molecule is COC(=O)C1C(C)=NC2=C(C(=O)C[C@H](c3ccc(OC)c(OC)c3)C2)[C@@H]1c1ccc(Br)cc1. The molecule has 0 spiro atoms. The Morgan fingerprint density at radius 2 is 1.64 bits per heavy atom. The van der Waals surface area contributed by atoms with Gasteiger partial charge in [-0.1, -0.05) is 34.1 Å². The van der Waals surface area contributed by atoms with E-state index in [0.717, 1.165) is 21.3 Å². The molecule has 2 aromatic carbocycles. The lowest BCUT2D eigenvalue weighted by molar-refractivity contribution is -0.143. The van der Waals surface area contributed by atoms with Crippen LogP contribution in [0.15, 0.2) is 63.2 Å². The number of carbonyl (C=O) groups is 2. The summed E-state index contributed by atoms with van der Waals surface area (Å²) < 4.78 is 16.8. The first-order chi connectivity index (χ1) is 15.9. The van der Waals surface area contributed by atoms with E-state index in [0.29, 0.717) is 35.6 Å². The average molecular weight is 512 g/mol. The van der Waals surface area contributed by atoms with Crippen LogP contribution in [0.2, 0.25) is 0 Å². The highest BCUT2D eigenvalue weighted by atomic mass is 79.9. The molecule has 172 valence electrons. The maximum Gasteiger partial charge on any atom is 0.315 e. The van der Waals surface area contributed by atoms with Crippen molar-refractivity contribution in [2.75, 3.05) is 21.3 Å². The number of nitrogens with zero attached hydrogens (tertiary/aromatic N) is 1. The van der Waals surface area contributed by atoms with E-state index < -0.39 is 11.8 Å². The quantitative estimate of drug-likeness (QED) is 0.514. The third-order valence-corrected chi connectivity index (χ3v) is 6.98. The molecule has 0 amide bonds. The molecule has 0 saturated carbocycles. The standard InChI is InChI=1S/C26H26BrNO5/c1-14-23(26(30)33-4)24(15-5-8-18(27)9-6-15)25-19(28-14)11-17(12-20(25)29)16-7-10-21(31-2)22(13-16)32-3/h5-10,13,17,23-24H,11-12H2,1-4H3/t17-,23?,24-/m1/s1. The minimum Gasteiger partial charge on any atom is -0.493 e. The molecule has 2 aromatic rings. The maximum absolute atomic E-state index is 13.6. The third kappa shape index (κ3) is 4.34. The van der Waals surface area contributed by atoms with Crippen LogP contribution in [0.4, 0.5) is 0 Å². The number of hydrogen-bond acceptors (Lipinski definition) is 6. The van der Waals surface area contributed by atoms with Crippen LogP contribution in [0.5, 0.6) is 11.5 Å². The number of hydrogen-bond donors (Lipinski definition) is 0. The Bertz CT molecular complexity index is 1150. The van der Waals surface area contributed by atoms with Crippen molar-refractivity contribution in [2.45, 2.75) is 31.6 Å². The fraction of sp³-hybridized carbons (Fsp3) is 0.346. The molecule has 1 unspecified atom stereocenters. The molecule has 1 aliphatic carbocycles. The number of benzene rings is 2. The van der Waals surface area contributed by atoms with Gasteiger partial charge >= 0.3 is 5.97 Å². The molecule has 0 N–H and O–H groups in total. The smallest absolute Gasteiger partial charge is 0.315 e. The topological polar surface area (TPSA) is 74.2 Å². The van der Waals surface area contributed by atoms with Crippen molar-refractivity contribution < 1.29 is 23.8 Å². The molecule has 4 rings (SSSR count). The lowest BCUT2D eigenvalue weighted by Gasteiger charge is -2.36. The Morgan fingerprint density at radius 3 is 2.27 bits per heavy atom. The summed E-state index contributed by atoms with van der Waals surface area (Å²) >= 11 is 3.46. The number of ketones is 1. The molecule has 0 saturated heterocycles. The van der Waals surface area contributed by atoms with E-state index in [1.165, 1.54) is 7.11 Å². The van der Waals surface area contributed by atoms with E-state index >= 15 is 0 Å². The second-order valence-corrected chi connectivity index (χ2v) is 9.20. The lowest BCUT2D eigenvalue weighted by Crippen LogP contribution is -2.37. The lowest BCUT2D eigenvalue weighted by atomic mass is 9.69. The van der Waals surface area contributed by atoms with Gasteiger partial charge in [-0.2, -0.15) is 0 Å². The first-order valence-corrected chi connectivity index (χ1v) is 11.5. The molecule has 1 heterocycles. The minimum atomic E-state index is -0.628. The van der Waals surface area contributed by atoms with Crippen molar-refractivity contribution in [3.8, 4) is 11.5 Å². The van der Waals surface area contributed by atoms with E-state index in [-0.39, 0.29) is 17.7 Å². The summed E-state index contributed by atoms with van der Waals surface area (Å²) in [5, 5.41) is 0. The maximum atomic E-state index is 13.6. The normalized spacial score (nSPS) is 22.4. The van der Waals surface area contributed by atoms with Gasteiger partial charge in [-0.05, 0) is 54.7 Å². The molecule has 0 aromatic heterocycles. The fourth-order valence-corrected chi connectivity index (χ4v) is 5.13. The van der Waals surface area contributed by atoms with Crippen LogP contribution in [0.25, 0.3) is 0 Å². The van der Waals surface area contributed by atoms with Gasteiger partial charge in [0.05, 0.1) is 21.3 Å². The number of Topliss-reactive ketones (excluding diaryl/α,β-unsaturated/α-hetero) is 1. The van der Waals surface area contributed by atoms with Crippen molar-refractivity contribution >= 4 is 33.4 Å². The van der Waals surface area contributed by atoms with E-state index in [1.54, 1.807) is 14.2 Å². The number of halogens is 1. The predicted molar refractivity (Wildman–Crippen MR) is 129 cm³/mol. The summed E-state index contributed by atoms with van der Waals surface area (Å²) in [5.41, 5.74) is 3.92. The zero-order chi connectivity index (χ0) is 23.7. The molecule has 0 radical (unpaired) electrons. The molecule has 33 heavy (non-hydrogen) atoms. The van der Waals surface area contributed by atoms with Crippen LogP contribution in [0.1, 0.15) is 42.7 Å². The number of carbonyl (C=O) groups excluding carboxylic acids is 2. The highest BCUT2D eigenvalue weighted by Crippen LogP contribution is 2.47. The summed E-state index contributed by atoms with van der Waals surface area (Å²) in [7, 11) is 4.56. The summed E-state index contributed by atoms with van der Waals surface area (Å²) in [5.74, 6) is -0.184. The molecule has 0 bridgehead atoms. The summed E-state index contributed by atoms with van der Waals surface area (Å²) in [4.78, 5) is 31.1. The molecule has 3 atom stereocenters. The Kier molecular flexibility index (Phi) is 6.70. The monoisotopic (exact) mass is 511 g/mol. The van der Waals surface area contributed by atoms with Crippen LogP contribution in [-0.2, 0) is 14.3 Å². The van der Waals surface area contributed by atoms with E-state index in [2.05, 4.69) is 15.9 Å². The molecule has 0 fully saturated rings. The van der Waals surface area contributed by atoms with Crippen molar-refractivity contribution in [2.24, 2.45) is 10.9 Å². The minimum absolute atomic E-state index is 0.00843. The van der Waals surface area contributed by atoms with Crippen LogP contribution < -0.4 is 9.47 Å². The summed E-state index contributed by atoms with van der Waals surface area (Å²) in [6.45, 7) is 1.84. The fourth-order valence-electron chi connectivity index (χ4n) is 4.86. The second-order valence-electron chi connectivity index (χ2n) is 8.29. The van der Waals surface area contributed by atoms with E-state index in [1.807, 2.05) is 49.4 Å². The Labute approximate surface area is 201 Å². The largest absolute Gasteiger partial charge is 0.493 e. The van der Waals surface area contributed by atoms with Crippen molar-refractivity contribution in [3.63, 3.8) is 0 Å². The molecular formula is C26H26BrNO5. The second kappa shape index (κ2) is 9.51. The molecule has 6 nitrogen and oxygen atoms in total. The highest BCUT2D eigenvalue weighted by Gasteiger charge is 2.44.